The van der Waals surface area contributed by atoms with Crippen LogP contribution in [-0.2, 0) is 14.8 Å². The molecule has 7 nitrogen and oxygen atoms in total. The van der Waals surface area contributed by atoms with Crippen molar-refractivity contribution in [1.29, 1.82) is 0 Å². The monoisotopic (exact) mass is 384 g/mol. The van der Waals surface area contributed by atoms with E-state index in [1.807, 2.05) is 4.72 Å². The highest BCUT2D eigenvalue weighted by Crippen LogP contribution is 2.30. The third-order valence-corrected chi connectivity index (χ3v) is 5.47. The topological polar surface area (TPSA) is 98.5 Å². The Kier molecular flexibility index (Phi) is 5.41. The number of carbonyl (C=O) groups is 1. The number of ether oxygens (including phenoxy) is 1. The first-order valence-electron chi connectivity index (χ1n) is 7.81. The van der Waals surface area contributed by atoms with Crippen LogP contribution in [-0.4, -0.2) is 37.8 Å². The summed E-state index contributed by atoms with van der Waals surface area (Å²) in [6.45, 7) is 0.536. The van der Waals surface area contributed by atoms with E-state index in [0.29, 0.717) is 23.6 Å². The maximum Gasteiger partial charge on any atom is 0.287 e. The summed E-state index contributed by atoms with van der Waals surface area (Å²) in [6.07, 6.45) is 3.16. The molecule has 1 aromatic heterocycles. The standard InChI is InChI=1S/C16H17ClN2O5S/c17-13-7-2-1-6-12(13)15-14(18-10-24-15)16(20)19-25(21,22)9-11-5-3-4-8-23-11/h1-2,6-7,10-11H,3-5,8-9H2,(H,19,20)/t11-/m1/s1. The lowest BCUT2D eigenvalue weighted by molar-refractivity contribution is 0.0304. The van der Waals surface area contributed by atoms with E-state index in [1.165, 1.54) is 0 Å². The van der Waals surface area contributed by atoms with Crippen molar-refractivity contribution in [2.75, 3.05) is 12.4 Å². The summed E-state index contributed by atoms with van der Waals surface area (Å²) in [6, 6.07) is 6.75. The molecule has 9 heteroatoms. The predicted molar refractivity (Wildman–Crippen MR) is 91.8 cm³/mol. The number of benzene rings is 1. The largest absolute Gasteiger partial charge is 0.443 e. The molecule has 1 aliphatic heterocycles. The molecule has 1 amide bonds. The fourth-order valence-corrected chi connectivity index (χ4v) is 4.10. The van der Waals surface area contributed by atoms with Gasteiger partial charge in [-0.3, -0.25) is 4.79 Å². The van der Waals surface area contributed by atoms with Crippen LogP contribution in [0.4, 0.5) is 0 Å². The summed E-state index contributed by atoms with van der Waals surface area (Å²) in [5.74, 6) is -1.01. The maximum atomic E-state index is 12.4. The first-order valence-corrected chi connectivity index (χ1v) is 9.84. The van der Waals surface area contributed by atoms with E-state index in [-0.39, 0.29) is 17.2 Å². The van der Waals surface area contributed by atoms with Gasteiger partial charge in [0, 0.05) is 12.2 Å². The van der Waals surface area contributed by atoms with Crippen LogP contribution >= 0.6 is 11.6 Å². The Bertz CT molecular complexity index is 859. The minimum atomic E-state index is -3.85. The van der Waals surface area contributed by atoms with Gasteiger partial charge in [-0.25, -0.2) is 18.1 Å². The Morgan fingerprint density at radius 1 is 1.32 bits per heavy atom. The zero-order chi connectivity index (χ0) is 17.9. The number of sulfonamides is 1. The molecule has 1 atom stereocenters. The summed E-state index contributed by atoms with van der Waals surface area (Å²) in [4.78, 5) is 16.2. The zero-order valence-electron chi connectivity index (χ0n) is 13.3. The highest BCUT2D eigenvalue weighted by atomic mass is 35.5. The van der Waals surface area contributed by atoms with Gasteiger partial charge in [-0.15, -0.1) is 0 Å². The molecule has 2 heterocycles. The summed E-state index contributed by atoms with van der Waals surface area (Å²) in [5.41, 5.74) is 0.320. The van der Waals surface area contributed by atoms with Crippen LogP contribution in [0.25, 0.3) is 11.3 Å². The number of halogens is 1. The van der Waals surface area contributed by atoms with E-state index >= 15 is 0 Å². The number of carbonyl (C=O) groups excluding carboxylic acids is 1. The molecule has 0 bridgehead atoms. The number of aromatic nitrogens is 1. The van der Waals surface area contributed by atoms with Crippen molar-refractivity contribution in [2.24, 2.45) is 0 Å². The predicted octanol–water partition coefficient (Wildman–Crippen LogP) is 2.62. The van der Waals surface area contributed by atoms with Crippen molar-refractivity contribution < 1.29 is 22.4 Å². The third-order valence-electron chi connectivity index (χ3n) is 3.83. The second-order valence-corrected chi connectivity index (χ2v) is 7.89. The second-order valence-electron chi connectivity index (χ2n) is 5.71. The van der Waals surface area contributed by atoms with Gasteiger partial charge in [-0.2, -0.15) is 0 Å². The van der Waals surface area contributed by atoms with Crippen LogP contribution in [0.2, 0.25) is 5.02 Å². The normalized spacial score (nSPS) is 18.0. The van der Waals surface area contributed by atoms with Crippen molar-refractivity contribution in [2.45, 2.75) is 25.4 Å². The second kappa shape index (κ2) is 7.55. The van der Waals surface area contributed by atoms with Gasteiger partial charge in [0.05, 0.1) is 16.9 Å². The van der Waals surface area contributed by atoms with E-state index in [2.05, 4.69) is 4.98 Å². The van der Waals surface area contributed by atoms with E-state index in [9.17, 15) is 13.2 Å². The van der Waals surface area contributed by atoms with Crippen LogP contribution < -0.4 is 4.72 Å². The van der Waals surface area contributed by atoms with E-state index in [4.69, 9.17) is 20.8 Å². The highest BCUT2D eigenvalue weighted by molar-refractivity contribution is 7.90. The number of rotatable bonds is 5. The Labute approximate surface area is 150 Å². The maximum absolute atomic E-state index is 12.4. The third kappa shape index (κ3) is 4.39. The van der Waals surface area contributed by atoms with E-state index in [0.717, 1.165) is 19.2 Å². The molecule has 0 radical (unpaired) electrons. The van der Waals surface area contributed by atoms with Crippen LogP contribution in [0, 0.1) is 0 Å². The van der Waals surface area contributed by atoms with Gasteiger partial charge in [0.15, 0.2) is 17.8 Å². The van der Waals surface area contributed by atoms with Crippen molar-refractivity contribution >= 4 is 27.5 Å². The molecule has 0 spiro atoms. The number of hydrogen-bond acceptors (Lipinski definition) is 6. The van der Waals surface area contributed by atoms with Crippen LogP contribution in [0.3, 0.4) is 0 Å². The Morgan fingerprint density at radius 2 is 2.12 bits per heavy atom. The average Bonchev–Trinajstić information content (AvgIpc) is 3.05. The lowest BCUT2D eigenvalue weighted by Crippen LogP contribution is -2.38. The molecule has 1 aromatic carbocycles. The summed E-state index contributed by atoms with van der Waals surface area (Å²) in [5, 5.41) is 0.367. The number of amides is 1. The smallest absolute Gasteiger partial charge is 0.287 e. The van der Waals surface area contributed by atoms with Crippen LogP contribution in [0.15, 0.2) is 35.1 Å². The Hall–Kier alpha value is -1.90. The average molecular weight is 385 g/mol. The van der Waals surface area contributed by atoms with Gasteiger partial charge < -0.3 is 9.15 Å². The first kappa shape index (κ1) is 17.9. The van der Waals surface area contributed by atoms with E-state index in [1.54, 1.807) is 24.3 Å². The quantitative estimate of drug-likeness (QED) is 0.850. The molecule has 1 fully saturated rings. The fourth-order valence-electron chi connectivity index (χ4n) is 2.66. The molecule has 134 valence electrons. The molecule has 1 saturated heterocycles. The van der Waals surface area contributed by atoms with Gasteiger partial charge in [0.2, 0.25) is 10.0 Å². The highest BCUT2D eigenvalue weighted by Gasteiger charge is 2.27. The number of nitrogens with zero attached hydrogens (tertiary/aromatic N) is 1. The number of nitrogens with one attached hydrogen (secondary N) is 1. The molecular formula is C16H17ClN2O5S. The van der Waals surface area contributed by atoms with Crippen molar-refractivity contribution in [1.82, 2.24) is 9.71 Å². The molecule has 0 aliphatic carbocycles. The summed E-state index contributed by atoms with van der Waals surface area (Å²) in [7, 11) is -3.85. The van der Waals surface area contributed by atoms with Gasteiger partial charge in [0.25, 0.3) is 5.91 Å². The van der Waals surface area contributed by atoms with Gasteiger partial charge in [-0.05, 0) is 31.4 Å². The molecule has 3 rings (SSSR count). The Balaban J connectivity index is 1.76. The van der Waals surface area contributed by atoms with E-state index < -0.39 is 22.0 Å². The van der Waals surface area contributed by atoms with Gasteiger partial charge in [0.1, 0.15) is 0 Å². The summed E-state index contributed by atoms with van der Waals surface area (Å²) >= 11 is 6.10. The molecule has 2 aromatic rings. The van der Waals surface area contributed by atoms with Crippen molar-refractivity contribution in [3.05, 3.63) is 41.4 Å². The Morgan fingerprint density at radius 3 is 2.84 bits per heavy atom. The number of hydrogen-bond donors (Lipinski definition) is 1. The zero-order valence-corrected chi connectivity index (χ0v) is 14.8. The summed E-state index contributed by atoms with van der Waals surface area (Å²) < 4.78 is 37.1. The molecule has 0 unspecified atom stereocenters. The van der Waals surface area contributed by atoms with Gasteiger partial charge >= 0.3 is 0 Å². The van der Waals surface area contributed by atoms with Crippen molar-refractivity contribution in [3.63, 3.8) is 0 Å². The molecule has 0 saturated carbocycles. The fraction of sp³-hybridized carbons (Fsp3) is 0.375. The minimum Gasteiger partial charge on any atom is -0.443 e. The number of oxazole rings is 1. The molecule has 1 aliphatic rings. The van der Waals surface area contributed by atoms with Crippen molar-refractivity contribution in [3.8, 4) is 11.3 Å². The lowest BCUT2D eigenvalue weighted by Gasteiger charge is -2.22. The first-order chi connectivity index (χ1) is 12.0. The van der Waals surface area contributed by atoms with Crippen LogP contribution in [0.1, 0.15) is 29.8 Å². The lowest BCUT2D eigenvalue weighted by atomic mass is 10.1. The molecular weight excluding hydrogens is 368 g/mol. The molecule has 1 N–H and O–H groups in total. The molecule has 25 heavy (non-hydrogen) atoms. The van der Waals surface area contributed by atoms with Crippen LogP contribution in [0.5, 0.6) is 0 Å². The van der Waals surface area contributed by atoms with Gasteiger partial charge in [-0.1, -0.05) is 23.7 Å². The SMILES string of the molecule is O=C(NS(=O)(=O)C[C@H]1CCCCO1)c1ncoc1-c1ccccc1Cl. The minimum absolute atomic E-state index is 0.118.